The Hall–Kier alpha value is -1.84. The zero-order chi connectivity index (χ0) is 15.5. The molecule has 1 atom stereocenters. The van der Waals surface area contributed by atoms with Gasteiger partial charge >= 0.3 is 0 Å². The summed E-state index contributed by atoms with van der Waals surface area (Å²) in [7, 11) is 0. The Labute approximate surface area is 127 Å². The van der Waals surface area contributed by atoms with Crippen LogP contribution in [-0.2, 0) is 9.59 Å². The van der Waals surface area contributed by atoms with Crippen LogP contribution in [0.5, 0.6) is 0 Å². The van der Waals surface area contributed by atoms with Crippen LogP contribution in [0.2, 0.25) is 0 Å². The fourth-order valence-corrected chi connectivity index (χ4v) is 2.22. The summed E-state index contributed by atoms with van der Waals surface area (Å²) in [6, 6.07) is 9.32. The van der Waals surface area contributed by atoms with Crippen LogP contribution in [0.15, 0.2) is 30.3 Å². The monoisotopic (exact) mass is 290 g/mol. The molecule has 2 amide bonds. The van der Waals surface area contributed by atoms with Gasteiger partial charge in [0.2, 0.25) is 11.8 Å². The largest absolute Gasteiger partial charge is 0.356 e. The highest BCUT2D eigenvalue weighted by Gasteiger charge is 2.16. The van der Waals surface area contributed by atoms with E-state index in [0.717, 1.165) is 18.4 Å². The van der Waals surface area contributed by atoms with Gasteiger partial charge < -0.3 is 10.6 Å². The van der Waals surface area contributed by atoms with Crippen molar-refractivity contribution in [3.8, 4) is 0 Å². The van der Waals surface area contributed by atoms with Gasteiger partial charge in [0.25, 0.3) is 0 Å². The molecule has 1 aromatic carbocycles. The standard InChI is InChI=1S/C17H26N2O2/c1-3-4-5-9-12-18-17(21)13-16(19-14(2)20)15-10-7-6-8-11-15/h6-8,10-11,16H,3-5,9,12-13H2,1-2H3,(H,18,21)(H,19,20). The maximum atomic E-state index is 12.0. The van der Waals surface area contributed by atoms with Crippen LogP contribution >= 0.6 is 0 Å². The number of hydrogen-bond donors (Lipinski definition) is 2. The smallest absolute Gasteiger partial charge is 0.222 e. The number of carbonyl (C=O) groups is 2. The molecule has 0 heterocycles. The zero-order valence-electron chi connectivity index (χ0n) is 13.0. The second-order valence-electron chi connectivity index (χ2n) is 5.28. The molecule has 0 aliphatic carbocycles. The first kappa shape index (κ1) is 17.2. The van der Waals surface area contributed by atoms with Crippen LogP contribution in [0.1, 0.15) is 57.6 Å². The van der Waals surface area contributed by atoms with Crippen molar-refractivity contribution in [1.29, 1.82) is 0 Å². The first-order chi connectivity index (χ1) is 10.1. The van der Waals surface area contributed by atoms with Crippen molar-refractivity contribution in [3.05, 3.63) is 35.9 Å². The van der Waals surface area contributed by atoms with Gasteiger partial charge in [-0.05, 0) is 12.0 Å². The van der Waals surface area contributed by atoms with Crippen molar-refractivity contribution in [2.24, 2.45) is 0 Å². The van der Waals surface area contributed by atoms with Gasteiger partial charge in [-0.25, -0.2) is 0 Å². The summed E-state index contributed by atoms with van der Waals surface area (Å²) in [5, 5.41) is 5.76. The highest BCUT2D eigenvalue weighted by Crippen LogP contribution is 2.16. The van der Waals surface area contributed by atoms with E-state index in [9.17, 15) is 9.59 Å². The Kier molecular flexibility index (Phi) is 8.17. The van der Waals surface area contributed by atoms with Crippen LogP contribution in [0.25, 0.3) is 0 Å². The lowest BCUT2D eigenvalue weighted by Gasteiger charge is -2.18. The molecule has 0 bridgehead atoms. The van der Waals surface area contributed by atoms with E-state index in [1.807, 2.05) is 30.3 Å². The SMILES string of the molecule is CCCCCCNC(=O)CC(NC(C)=O)c1ccccc1. The number of amides is 2. The van der Waals surface area contributed by atoms with Gasteiger partial charge in [-0.2, -0.15) is 0 Å². The lowest BCUT2D eigenvalue weighted by molar-refractivity contribution is -0.122. The minimum Gasteiger partial charge on any atom is -0.356 e. The van der Waals surface area contributed by atoms with E-state index in [-0.39, 0.29) is 24.3 Å². The maximum Gasteiger partial charge on any atom is 0.222 e. The molecule has 0 saturated heterocycles. The molecule has 0 aliphatic rings. The predicted octanol–water partition coefficient (Wildman–Crippen LogP) is 2.95. The zero-order valence-corrected chi connectivity index (χ0v) is 13.0. The average Bonchev–Trinajstić information content (AvgIpc) is 2.47. The molecule has 2 N–H and O–H groups in total. The Morgan fingerprint density at radius 2 is 1.81 bits per heavy atom. The van der Waals surface area contributed by atoms with Crippen molar-refractivity contribution >= 4 is 11.8 Å². The van der Waals surface area contributed by atoms with Gasteiger partial charge in [-0.15, -0.1) is 0 Å². The van der Waals surface area contributed by atoms with Gasteiger partial charge in [0.15, 0.2) is 0 Å². The van der Waals surface area contributed by atoms with Crippen LogP contribution in [0.3, 0.4) is 0 Å². The van der Waals surface area contributed by atoms with Crippen molar-refractivity contribution in [3.63, 3.8) is 0 Å². The summed E-state index contributed by atoms with van der Waals surface area (Å²) in [4.78, 5) is 23.3. The van der Waals surface area contributed by atoms with Crippen molar-refractivity contribution in [1.82, 2.24) is 10.6 Å². The predicted molar refractivity (Wildman–Crippen MR) is 84.8 cm³/mol. The molecule has 4 nitrogen and oxygen atoms in total. The Balaban J connectivity index is 2.45. The lowest BCUT2D eigenvalue weighted by atomic mass is 10.0. The molecule has 21 heavy (non-hydrogen) atoms. The van der Waals surface area contributed by atoms with E-state index in [0.29, 0.717) is 6.54 Å². The molecular formula is C17H26N2O2. The topological polar surface area (TPSA) is 58.2 Å². The number of rotatable bonds is 9. The third-order valence-corrected chi connectivity index (χ3v) is 3.32. The molecular weight excluding hydrogens is 264 g/mol. The number of nitrogens with one attached hydrogen (secondary N) is 2. The van der Waals surface area contributed by atoms with Crippen molar-refractivity contribution in [2.75, 3.05) is 6.54 Å². The third-order valence-electron chi connectivity index (χ3n) is 3.32. The van der Waals surface area contributed by atoms with E-state index >= 15 is 0 Å². The second kappa shape index (κ2) is 9.97. The van der Waals surface area contributed by atoms with Crippen LogP contribution in [-0.4, -0.2) is 18.4 Å². The summed E-state index contributed by atoms with van der Waals surface area (Å²) in [5.74, 6) is -0.145. The second-order valence-corrected chi connectivity index (χ2v) is 5.28. The van der Waals surface area contributed by atoms with Gasteiger partial charge in [0.1, 0.15) is 0 Å². The molecule has 0 saturated carbocycles. The summed E-state index contributed by atoms with van der Waals surface area (Å²) < 4.78 is 0. The van der Waals surface area contributed by atoms with Crippen molar-refractivity contribution in [2.45, 2.75) is 52.0 Å². The third kappa shape index (κ3) is 7.49. The summed E-state index contributed by atoms with van der Waals surface area (Å²) >= 11 is 0. The van der Waals surface area contributed by atoms with Gasteiger partial charge in [-0.3, -0.25) is 9.59 Å². The summed E-state index contributed by atoms with van der Waals surface area (Å²) in [6.45, 7) is 4.34. The fraction of sp³-hybridized carbons (Fsp3) is 0.529. The molecule has 0 fully saturated rings. The Morgan fingerprint density at radius 1 is 1.10 bits per heavy atom. The first-order valence-electron chi connectivity index (χ1n) is 7.72. The van der Waals surface area contributed by atoms with Gasteiger partial charge in [0.05, 0.1) is 12.5 Å². The maximum absolute atomic E-state index is 12.0. The van der Waals surface area contributed by atoms with Crippen LogP contribution in [0, 0.1) is 0 Å². The van der Waals surface area contributed by atoms with E-state index in [1.165, 1.54) is 19.8 Å². The minimum atomic E-state index is -0.264. The minimum absolute atomic E-state index is 0.0194. The molecule has 0 aliphatic heterocycles. The van der Waals surface area contributed by atoms with E-state index in [2.05, 4.69) is 17.6 Å². The average molecular weight is 290 g/mol. The molecule has 0 radical (unpaired) electrons. The van der Waals surface area contributed by atoms with E-state index in [1.54, 1.807) is 0 Å². The molecule has 0 aromatic heterocycles. The van der Waals surface area contributed by atoms with Crippen molar-refractivity contribution < 1.29 is 9.59 Å². The summed E-state index contributed by atoms with van der Waals surface area (Å²) in [6.07, 6.45) is 4.82. The molecule has 1 rings (SSSR count). The summed E-state index contributed by atoms with van der Waals surface area (Å²) in [5.41, 5.74) is 0.953. The van der Waals surface area contributed by atoms with Crippen LogP contribution < -0.4 is 10.6 Å². The Bertz CT molecular complexity index is 432. The van der Waals surface area contributed by atoms with E-state index < -0.39 is 0 Å². The molecule has 4 heteroatoms. The van der Waals surface area contributed by atoms with Crippen LogP contribution in [0.4, 0.5) is 0 Å². The lowest BCUT2D eigenvalue weighted by Crippen LogP contribution is -2.33. The van der Waals surface area contributed by atoms with Gasteiger partial charge in [-0.1, -0.05) is 56.5 Å². The number of benzene rings is 1. The number of hydrogen-bond acceptors (Lipinski definition) is 2. The first-order valence-corrected chi connectivity index (χ1v) is 7.72. The quantitative estimate of drug-likeness (QED) is 0.687. The molecule has 0 spiro atoms. The fourth-order valence-electron chi connectivity index (χ4n) is 2.22. The normalized spacial score (nSPS) is 11.7. The van der Waals surface area contributed by atoms with Gasteiger partial charge in [0, 0.05) is 13.5 Å². The Morgan fingerprint density at radius 3 is 2.43 bits per heavy atom. The molecule has 1 unspecified atom stereocenters. The number of unbranched alkanes of at least 4 members (excludes halogenated alkanes) is 3. The molecule has 116 valence electrons. The van der Waals surface area contributed by atoms with E-state index in [4.69, 9.17) is 0 Å². The highest BCUT2D eigenvalue weighted by atomic mass is 16.2. The highest BCUT2D eigenvalue weighted by molar-refractivity contribution is 5.79. The number of carbonyl (C=O) groups excluding carboxylic acids is 2. The molecule has 1 aromatic rings.